The smallest absolute Gasteiger partial charge is 0.354 e. The van der Waals surface area contributed by atoms with Crippen molar-refractivity contribution in [3.05, 3.63) is 124 Å². The number of thioether (sulfide) groups is 1. The van der Waals surface area contributed by atoms with Gasteiger partial charge in [-0.2, -0.15) is 17.3 Å². The van der Waals surface area contributed by atoms with Gasteiger partial charge in [0.2, 0.25) is 11.8 Å². The third-order valence-corrected chi connectivity index (χ3v) is 14.7. The monoisotopic (exact) mass is 1040 g/mol. The van der Waals surface area contributed by atoms with Gasteiger partial charge in [-0.05, 0) is 71.5 Å². The molecule has 74 heavy (non-hydrogen) atoms. The Morgan fingerprint density at radius 1 is 0.676 bits per heavy atom. The summed E-state index contributed by atoms with van der Waals surface area (Å²) in [7, 11) is 0. The zero-order chi connectivity index (χ0) is 51.5. The highest BCUT2D eigenvalue weighted by molar-refractivity contribution is 7.99. The molecule has 5 heterocycles. The number of ether oxygens (including phenoxy) is 5. The zero-order valence-electron chi connectivity index (χ0n) is 41.7. The van der Waals surface area contributed by atoms with Gasteiger partial charge in [0, 0.05) is 70.1 Å². The summed E-state index contributed by atoms with van der Waals surface area (Å²) < 4.78 is 31.0. The molecule has 1 aliphatic carbocycles. The molecular formula is C53H69N9O11S. The minimum atomic E-state index is -1.07. The number of aromatic carboxylic acids is 2. The summed E-state index contributed by atoms with van der Waals surface area (Å²) in [6, 6.07) is 26.0. The summed E-state index contributed by atoms with van der Waals surface area (Å²) in [6.45, 7) is 7.38. The molecule has 0 bridgehead atoms. The van der Waals surface area contributed by atoms with Gasteiger partial charge in [0.25, 0.3) is 0 Å². The maximum Gasteiger partial charge on any atom is 0.354 e. The number of pyridine rings is 2. The van der Waals surface area contributed by atoms with E-state index < -0.39 is 11.9 Å². The van der Waals surface area contributed by atoms with Crippen molar-refractivity contribution in [2.75, 3.05) is 102 Å². The summed E-state index contributed by atoms with van der Waals surface area (Å²) in [5.41, 5.74) is 15.0. The number of benzene rings is 2. The molecule has 4 aromatic rings. The predicted molar refractivity (Wildman–Crippen MR) is 276 cm³/mol. The Morgan fingerprint density at radius 3 is 1.89 bits per heavy atom. The molecule has 4 atom stereocenters. The first-order valence-corrected chi connectivity index (χ1v) is 26.7. The second kappa shape index (κ2) is 28.5. The molecule has 8 rings (SSSR count). The Hall–Kier alpha value is -5.43. The van der Waals surface area contributed by atoms with Crippen molar-refractivity contribution >= 4 is 41.2 Å². The summed E-state index contributed by atoms with van der Waals surface area (Å²) in [6.07, 6.45) is 1.52. The standard InChI is InChI=1S/C53H69N9O11S/c63-48(15-16-49(64)62-33-38-7-1-2-10-41(38)50-51(58-59-57-50)42-11-3-4-14-45(42)62)54-17-22-69-29-30-74-36-37-31-46-47(32-37)73-26-21-61(35-40-9-6-13-44(56-40)53(67)68)19-24-71-28-27-70-23-18-60(20-25-72-46)34-39-8-5-12-43(55-39)52(65)66/h1-14,37,46-47,50-51,57-59H,15-36H2,(H,54,63)(H,65,66)(H,67,68). The van der Waals surface area contributed by atoms with Gasteiger partial charge in [0.05, 0.1) is 95.1 Å². The van der Waals surface area contributed by atoms with Crippen LogP contribution in [0.25, 0.3) is 0 Å². The number of hydrogen-bond donors (Lipinski definition) is 6. The number of rotatable bonds is 17. The van der Waals surface area contributed by atoms with Crippen LogP contribution in [0.1, 0.15) is 86.8 Å². The van der Waals surface area contributed by atoms with Crippen LogP contribution in [0.5, 0.6) is 0 Å². The van der Waals surface area contributed by atoms with Crippen molar-refractivity contribution in [3.63, 3.8) is 0 Å². The van der Waals surface area contributed by atoms with Crippen LogP contribution in [0, 0.1) is 5.92 Å². The van der Waals surface area contributed by atoms with Gasteiger partial charge < -0.3 is 44.1 Å². The Morgan fingerprint density at radius 2 is 1.26 bits per heavy atom. The lowest BCUT2D eigenvalue weighted by atomic mass is 9.88. The summed E-state index contributed by atoms with van der Waals surface area (Å²) in [4.78, 5) is 64.8. The van der Waals surface area contributed by atoms with Crippen molar-refractivity contribution in [2.45, 2.75) is 69.6 Å². The van der Waals surface area contributed by atoms with Crippen LogP contribution in [0.4, 0.5) is 5.69 Å². The Labute approximate surface area is 436 Å². The average Bonchev–Trinajstić information content (AvgIpc) is 4.05. The van der Waals surface area contributed by atoms with Gasteiger partial charge in [-0.3, -0.25) is 19.4 Å². The third-order valence-electron chi connectivity index (χ3n) is 13.6. The fourth-order valence-electron chi connectivity index (χ4n) is 9.80. The van der Waals surface area contributed by atoms with Gasteiger partial charge in [0.15, 0.2) is 0 Å². The molecule has 398 valence electrons. The molecule has 0 radical (unpaired) electrons. The van der Waals surface area contributed by atoms with Crippen LogP contribution in [-0.2, 0) is 52.9 Å². The summed E-state index contributed by atoms with van der Waals surface area (Å²) >= 11 is 1.81. The number of para-hydroxylation sites is 1. The Kier molecular flexibility index (Phi) is 21.1. The van der Waals surface area contributed by atoms with Crippen LogP contribution in [0.2, 0.25) is 0 Å². The third kappa shape index (κ3) is 16.0. The fourth-order valence-corrected chi connectivity index (χ4v) is 10.8. The first-order valence-electron chi connectivity index (χ1n) is 25.6. The molecule has 2 aromatic carbocycles. The molecule has 4 aliphatic rings. The van der Waals surface area contributed by atoms with Crippen LogP contribution in [0.3, 0.4) is 0 Å². The molecule has 20 nitrogen and oxygen atoms in total. The maximum atomic E-state index is 13.8. The lowest BCUT2D eigenvalue weighted by Gasteiger charge is -2.33. The number of aromatic nitrogens is 2. The first-order chi connectivity index (χ1) is 36.2. The number of nitrogens with zero attached hydrogens (tertiary/aromatic N) is 5. The predicted octanol–water partition coefficient (Wildman–Crippen LogP) is 3.99. The number of carbonyl (C=O) groups is 4. The number of nitrogens with one attached hydrogen (secondary N) is 4. The second-order valence-corrected chi connectivity index (χ2v) is 19.9. The SMILES string of the molecule is O=C(CCC(=O)N1Cc2ccccc2C2NNNC2c2ccccc21)NCCOCCSCC1CC2OCCN(Cc3cccc(C(=O)O)n3)CCOCCOCCN(Cc3cccc(C(=O)O)n3)CCOC2C1. The lowest BCUT2D eigenvalue weighted by Crippen LogP contribution is -2.36. The van der Waals surface area contributed by atoms with E-state index >= 15 is 0 Å². The molecule has 0 spiro atoms. The van der Waals surface area contributed by atoms with Gasteiger partial charge in [-0.1, -0.05) is 54.6 Å². The normalized spacial score (nSPS) is 22.4. The molecule has 21 heteroatoms. The van der Waals surface area contributed by atoms with E-state index in [4.69, 9.17) is 23.7 Å². The Bertz CT molecular complexity index is 2390. The number of carbonyl (C=O) groups excluding carboxylic acids is 2. The van der Waals surface area contributed by atoms with Crippen molar-refractivity contribution in [3.8, 4) is 0 Å². The van der Waals surface area contributed by atoms with Crippen molar-refractivity contribution in [1.29, 1.82) is 0 Å². The molecular weight excluding hydrogens is 971 g/mol. The van der Waals surface area contributed by atoms with E-state index in [1.54, 1.807) is 17.0 Å². The topological polar surface area (TPSA) is 239 Å². The van der Waals surface area contributed by atoms with Gasteiger partial charge >= 0.3 is 11.9 Å². The van der Waals surface area contributed by atoms with Crippen molar-refractivity contribution in [2.24, 2.45) is 5.92 Å². The maximum absolute atomic E-state index is 13.8. The van der Waals surface area contributed by atoms with Gasteiger partial charge in [0.1, 0.15) is 11.4 Å². The largest absolute Gasteiger partial charge is 0.477 e. The molecule has 2 amide bonds. The van der Waals surface area contributed by atoms with E-state index in [1.807, 2.05) is 66.4 Å². The molecule has 3 aliphatic heterocycles. The minimum absolute atomic E-state index is 0.00124. The van der Waals surface area contributed by atoms with E-state index in [1.165, 1.54) is 12.1 Å². The number of carboxylic acids is 2. The summed E-state index contributed by atoms with van der Waals surface area (Å²) in [5, 5.41) is 22.0. The number of hydrazine groups is 2. The van der Waals surface area contributed by atoms with Gasteiger partial charge in [-0.25, -0.2) is 30.4 Å². The molecule has 3 fully saturated rings. The van der Waals surface area contributed by atoms with Crippen molar-refractivity contribution in [1.82, 2.24) is 41.5 Å². The quantitative estimate of drug-likeness (QED) is 0.0820. The highest BCUT2D eigenvalue weighted by atomic mass is 32.2. The van der Waals surface area contributed by atoms with Crippen LogP contribution < -0.4 is 26.6 Å². The van der Waals surface area contributed by atoms with E-state index in [0.717, 1.165) is 46.7 Å². The highest BCUT2D eigenvalue weighted by Crippen LogP contribution is 2.40. The minimum Gasteiger partial charge on any atom is -0.477 e. The number of anilines is 1. The van der Waals surface area contributed by atoms with E-state index in [9.17, 15) is 29.4 Å². The molecule has 6 N–H and O–H groups in total. The molecule has 2 saturated heterocycles. The number of hydrogen-bond acceptors (Lipinski definition) is 17. The molecule has 1 saturated carbocycles. The van der Waals surface area contributed by atoms with Crippen LogP contribution in [0.15, 0.2) is 84.9 Å². The molecule has 4 unspecified atom stereocenters. The fraction of sp³-hybridized carbons (Fsp3) is 0.509. The van der Waals surface area contributed by atoms with E-state index in [-0.39, 0.29) is 60.3 Å². The van der Waals surface area contributed by atoms with Crippen LogP contribution >= 0.6 is 11.8 Å². The van der Waals surface area contributed by atoms with Crippen LogP contribution in [-0.4, -0.2) is 163 Å². The average molecular weight is 1040 g/mol. The summed E-state index contributed by atoms with van der Waals surface area (Å²) in [5.74, 6) is -0.437. The number of carboxylic acid groups (broad SMARTS) is 2. The van der Waals surface area contributed by atoms with Crippen molar-refractivity contribution < 1.29 is 53.1 Å². The highest BCUT2D eigenvalue weighted by Gasteiger charge is 2.38. The number of amides is 2. The first kappa shape index (κ1) is 54.8. The zero-order valence-corrected chi connectivity index (χ0v) is 42.6. The second-order valence-electron chi connectivity index (χ2n) is 18.7. The van der Waals surface area contributed by atoms with Gasteiger partial charge in [-0.15, -0.1) is 0 Å². The van der Waals surface area contributed by atoms with E-state index in [0.29, 0.717) is 123 Å². The Balaban J connectivity index is 0.785. The van der Waals surface area contributed by atoms with E-state index in [2.05, 4.69) is 47.5 Å². The molecule has 2 aromatic heterocycles. The number of fused-ring (bicyclic) bond motifs is 6. The lowest BCUT2D eigenvalue weighted by molar-refractivity contribution is -0.125.